The fourth-order valence-electron chi connectivity index (χ4n) is 2.20. The molecule has 108 valence electrons. The minimum atomic E-state index is 0.415. The van der Waals surface area contributed by atoms with Crippen molar-refractivity contribution in [3.05, 3.63) is 27.2 Å². The molecule has 0 aliphatic rings. The Balaban J connectivity index is 2.48. The molecule has 0 aliphatic heterocycles. The Bertz CT molecular complexity index is 593. The fourth-order valence-corrected chi connectivity index (χ4v) is 3.52. The summed E-state index contributed by atoms with van der Waals surface area (Å²) in [5.41, 5.74) is 2.28. The quantitative estimate of drug-likeness (QED) is 0.800. The summed E-state index contributed by atoms with van der Waals surface area (Å²) < 4.78 is 1.10. The number of hydrogen-bond acceptors (Lipinski definition) is 4. The molecule has 1 N–H and O–H groups in total. The maximum atomic E-state index is 4.74. The number of rotatable bonds is 5. The van der Waals surface area contributed by atoms with Crippen LogP contribution in [0, 0.1) is 6.92 Å². The van der Waals surface area contributed by atoms with Gasteiger partial charge in [0.2, 0.25) is 0 Å². The van der Waals surface area contributed by atoms with Crippen molar-refractivity contribution in [2.24, 2.45) is 0 Å². The van der Waals surface area contributed by atoms with Crippen LogP contribution in [-0.4, -0.2) is 16.5 Å². The molecule has 0 aromatic carbocycles. The van der Waals surface area contributed by atoms with Crippen LogP contribution in [0.5, 0.6) is 0 Å². The van der Waals surface area contributed by atoms with Crippen molar-refractivity contribution in [1.29, 1.82) is 0 Å². The molecule has 0 fully saturated rings. The molecule has 0 unspecified atom stereocenters. The highest BCUT2D eigenvalue weighted by Crippen LogP contribution is 2.32. The predicted octanol–water partition coefficient (Wildman–Crippen LogP) is 5.22. The molecule has 20 heavy (non-hydrogen) atoms. The molecule has 0 bridgehead atoms. The number of nitrogens with one attached hydrogen (secondary N) is 1. The molecule has 0 radical (unpaired) electrons. The van der Waals surface area contributed by atoms with E-state index in [2.05, 4.69) is 60.0 Å². The third-order valence-corrected chi connectivity index (χ3v) is 4.67. The van der Waals surface area contributed by atoms with E-state index in [-0.39, 0.29) is 0 Å². The van der Waals surface area contributed by atoms with Gasteiger partial charge in [-0.05, 0) is 47.3 Å². The van der Waals surface area contributed by atoms with Gasteiger partial charge in [0.25, 0.3) is 0 Å². The molecule has 0 amide bonds. The zero-order chi connectivity index (χ0) is 14.7. The molecule has 2 aromatic rings. The summed E-state index contributed by atoms with van der Waals surface area (Å²) in [6.45, 7) is 9.53. The van der Waals surface area contributed by atoms with E-state index in [1.54, 1.807) is 11.3 Å². The van der Waals surface area contributed by atoms with Gasteiger partial charge >= 0.3 is 0 Å². The SMILES string of the molecule is CCCNc1nc(-c2ccc(Br)s2)nc(C)c1C(C)C. The lowest BCUT2D eigenvalue weighted by molar-refractivity contribution is 0.827. The van der Waals surface area contributed by atoms with Crippen LogP contribution in [0.2, 0.25) is 0 Å². The highest BCUT2D eigenvalue weighted by Gasteiger charge is 2.16. The summed E-state index contributed by atoms with van der Waals surface area (Å²) in [7, 11) is 0. The molecule has 0 aliphatic carbocycles. The highest BCUT2D eigenvalue weighted by atomic mass is 79.9. The van der Waals surface area contributed by atoms with Crippen LogP contribution < -0.4 is 5.32 Å². The second kappa shape index (κ2) is 6.68. The monoisotopic (exact) mass is 353 g/mol. The Labute approximate surface area is 133 Å². The molecule has 2 aromatic heterocycles. The standard InChI is InChI=1S/C15H20BrN3S/c1-5-8-17-15-13(9(2)3)10(4)18-14(19-15)11-6-7-12(16)20-11/h6-7,9H,5,8H2,1-4H3,(H,17,18,19). The second-order valence-electron chi connectivity index (χ2n) is 5.08. The van der Waals surface area contributed by atoms with Gasteiger partial charge in [0, 0.05) is 17.8 Å². The first-order valence-corrected chi connectivity index (χ1v) is 8.52. The molecule has 0 spiro atoms. The van der Waals surface area contributed by atoms with Crippen LogP contribution in [0.1, 0.15) is 44.4 Å². The van der Waals surface area contributed by atoms with Crippen molar-refractivity contribution >= 4 is 33.1 Å². The summed E-state index contributed by atoms with van der Waals surface area (Å²) in [6.07, 6.45) is 1.08. The van der Waals surface area contributed by atoms with Crippen molar-refractivity contribution in [3.63, 3.8) is 0 Å². The van der Waals surface area contributed by atoms with E-state index < -0.39 is 0 Å². The summed E-state index contributed by atoms with van der Waals surface area (Å²) in [4.78, 5) is 10.5. The van der Waals surface area contributed by atoms with E-state index in [1.165, 1.54) is 5.56 Å². The number of aryl methyl sites for hydroxylation is 1. The molecular formula is C15H20BrN3S. The van der Waals surface area contributed by atoms with Crippen molar-refractivity contribution in [1.82, 2.24) is 9.97 Å². The third-order valence-electron chi connectivity index (χ3n) is 3.05. The smallest absolute Gasteiger partial charge is 0.171 e. The van der Waals surface area contributed by atoms with Crippen molar-refractivity contribution in [3.8, 4) is 10.7 Å². The first-order valence-electron chi connectivity index (χ1n) is 6.91. The number of hydrogen-bond donors (Lipinski definition) is 1. The lowest BCUT2D eigenvalue weighted by Gasteiger charge is -2.16. The first-order chi connectivity index (χ1) is 9.52. The van der Waals surface area contributed by atoms with Crippen LogP contribution in [0.3, 0.4) is 0 Å². The van der Waals surface area contributed by atoms with Crippen LogP contribution in [0.4, 0.5) is 5.82 Å². The topological polar surface area (TPSA) is 37.8 Å². The van der Waals surface area contributed by atoms with E-state index in [1.807, 2.05) is 6.07 Å². The second-order valence-corrected chi connectivity index (χ2v) is 7.54. The van der Waals surface area contributed by atoms with Gasteiger partial charge in [-0.15, -0.1) is 11.3 Å². The minimum absolute atomic E-state index is 0.415. The maximum Gasteiger partial charge on any atom is 0.171 e. The van der Waals surface area contributed by atoms with Crippen LogP contribution in [0.25, 0.3) is 10.7 Å². The highest BCUT2D eigenvalue weighted by molar-refractivity contribution is 9.11. The molecule has 2 rings (SSSR count). The van der Waals surface area contributed by atoms with Crippen molar-refractivity contribution < 1.29 is 0 Å². The fraction of sp³-hybridized carbons (Fsp3) is 0.467. The van der Waals surface area contributed by atoms with E-state index >= 15 is 0 Å². The van der Waals surface area contributed by atoms with Crippen LogP contribution in [-0.2, 0) is 0 Å². The average molecular weight is 354 g/mol. The largest absolute Gasteiger partial charge is 0.370 e. The van der Waals surface area contributed by atoms with Gasteiger partial charge in [-0.3, -0.25) is 0 Å². The minimum Gasteiger partial charge on any atom is -0.370 e. The van der Waals surface area contributed by atoms with Crippen molar-refractivity contribution in [2.45, 2.75) is 40.0 Å². The van der Waals surface area contributed by atoms with E-state index in [9.17, 15) is 0 Å². The summed E-state index contributed by atoms with van der Waals surface area (Å²) in [5, 5.41) is 3.44. The van der Waals surface area contributed by atoms with Gasteiger partial charge < -0.3 is 5.32 Å². The van der Waals surface area contributed by atoms with Gasteiger partial charge in [-0.1, -0.05) is 20.8 Å². The summed E-state index contributed by atoms with van der Waals surface area (Å²) in [5.74, 6) is 2.20. The molecule has 0 saturated carbocycles. The van der Waals surface area contributed by atoms with Gasteiger partial charge in [0.05, 0.1) is 8.66 Å². The van der Waals surface area contributed by atoms with Crippen LogP contribution >= 0.6 is 27.3 Å². The number of anilines is 1. The molecule has 5 heteroatoms. The molecular weight excluding hydrogens is 334 g/mol. The Morgan fingerprint density at radius 1 is 1.30 bits per heavy atom. The number of aromatic nitrogens is 2. The Morgan fingerprint density at radius 2 is 2.05 bits per heavy atom. The zero-order valence-electron chi connectivity index (χ0n) is 12.3. The number of nitrogens with zero attached hydrogens (tertiary/aromatic N) is 2. The lowest BCUT2D eigenvalue weighted by Crippen LogP contribution is -2.10. The molecule has 2 heterocycles. The Hall–Kier alpha value is -0.940. The molecule has 3 nitrogen and oxygen atoms in total. The van der Waals surface area contributed by atoms with Crippen molar-refractivity contribution in [2.75, 3.05) is 11.9 Å². The third kappa shape index (κ3) is 3.38. The lowest BCUT2D eigenvalue weighted by atomic mass is 10.0. The van der Waals surface area contributed by atoms with E-state index in [4.69, 9.17) is 4.98 Å². The average Bonchev–Trinajstić information content (AvgIpc) is 2.81. The van der Waals surface area contributed by atoms with Crippen LogP contribution in [0.15, 0.2) is 15.9 Å². The van der Waals surface area contributed by atoms with E-state index in [0.717, 1.165) is 39.0 Å². The van der Waals surface area contributed by atoms with E-state index in [0.29, 0.717) is 5.92 Å². The molecule has 0 saturated heterocycles. The number of halogens is 1. The van der Waals surface area contributed by atoms with Gasteiger partial charge in [-0.25, -0.2) is 9.97 Å². The molecule has 0 atom stereocenters. The van der Waals surface area contributed by atoms with Gasteiger partial charge in [0.15, 0.2) is 5.82 Å². The normalized spacial score (nSPS) is 11.1. The Kier molecular flexibility index (Phi) is 5.16. The summed E-state index contributed by atoms with van der Waals surface area (Å²) >= 11 is 5.15. The predicted molar refractivity (Wildman–Crippen MR) is 90.7 cm³/mol. The summed E-state index contributed by atoms with van der Waals surface area (Å²) in [6, 6.07) is 4.09. The first kappa shape index (κ1) is 15.4. The zero-order valence-corrected chi connectivity index (χ0v) is 14.7. The van der Waals surface area contributed by atoms with Gasteiger partial charge in [0.1, 0.15) is 5.82 Å². The maximum absolute atomic E-state index is 4.74. The number of thiophene rings is 1. The Morgan fingerprint density at radius 3 is 2.60 bits per heavy atom. The van der Waals surface area contributed by atoms with Gasteiger partial charge in [-0.2, -0.15) is 0 Å².